The Hall–Kier alpha value is -1.17. The molecule has 0 aromatic heterocycles. The molecule has 2 N–H and O–H groups in total. The van der Waals surface area contributed by atoms with E-state index in [1.165, 1.54) is 6.07 Å². The first-order valence-corrected chi connectivity index (χ1v) is 5.54. The highest BCUT2D eigenvalue weighted by molar-refractivity contribution is 5.19. The first-order chi connectivity index (χ1) is 8.28. The van der Waals surface area contributed by atoms with Crippen LogP contribution in [-0.2, 0) is 6.42 Å². The molecule has 18 heavy (non-hydrogen) atoms. The molecule has 6 heteroatoms. The zero-order chi connectivity index (χ0) is 13.8. The average molecular weight is 267 g/mol. The molecule has 0 saturated carbocycles. The topological polar surface area (TPSA) is 26.0 Å². The number of benzene rings is 1. The lowest BCUT2D eigenvalue weighted by atomic mass is 10.0. The molecule has 0 radical (unpaired) electrons. The lowest BCUT2D eigenvalue weighted by molar-refractivity contribution is -0.135. The van der Waals surface area contributed by atoms with Gasteiger partial charge in [-0.2, -0.15) is 13.2 Å². The van der Waals surface area contributed by atoms with Crippen LogP contribution in [0.5, 0.6) is 0 Å². The van der Waals surface area contributed by atoms with Crippen LogP contribution in [0.25, 0.3) is 0 Å². The maximum atomic E-state index is 13.2. The van der Waals surface area contributed by atoms with Crippen molar-refractivity contribution in [2.75, 3.05) is 0 Å². The standard InChI is InChI=1S/C12H14F5N/c13-9-4-3-8(11(14)7-9)6-10(18)2-1-5-12(15,16)17/h3-4,7,10H,1-2,5-6,18H2. The molecule has 0 bridgehead atoms. The molecule has 0 aliphatic rings. The Labute approximate surface area is 102 Å². The van der Waals surface area contributed by atoms with Gasteiger partial charge in [0, 0.05) is 18.5 Å². The molecule has 1 unspecified atom stereocenters. The second-order valence-electron chi connectivity index (χ2n) is 4.21. The molecular weight excluding hydrogens is 253 g/mol. The molecule has 1 aromatic rings. The molecule has 0 amide bonds. The van der Waals surface area contributed by atoms with Crippen molar-refractivity contribution in [3.8, 4) is 0 Å². The normalized spacial score (nSPS) is 13.7. The van der Waals surface area contributed by atoms with E-state index < -0.39 is 30.3 Å². The van der Waals surface area contributed by atoms with E-state index in [4.69, 9.17) is 5.73 Å². The van der Waals surface area contributed by atoms with Crippen molar-refractivity contribution in [3.05, 3.63) is 35.4 Å². The van der Waals surface area contributed by atoms with E-state index >= 15 is 0 Å². The van der Waals surface area contributed by atoms with Crippen molar-refractivity contribution in [2.24, 2.45) is 5.73 Å². The van der Waals surface area contributed by atoms with E-state index in [1.54, 1.807) is 0 Å². The van der Waals surface area contributed by atoms with Crippen LogP contribution in [-0.4, -0.2) is 12.2 Å². The zero-order valence-electron chi connectivity index (χ0n) is 9.61. The molecule has 102 valence electrons. The fraction of sp³-hybridized carbons (Fsp3) is 0.500. The second kappa shape index (κ2) is 6.13. The van der Waals surface area contributed by atoms with Gasteiger partial charge in [0.1, 0.15) is 11.6 Å². The third-order valence-electron chi connectivity index (χ3n) is 2.53. The van der Waals surface area contributed by atoms with Crippen LogP contribution in [0.4, 0.5) is 22.0 Å². The summed E-state index contributed by atoms with van der Waals surface area (Å²) in [5, 5.41) is 0. The molecule has 1 rings (SSSR count). The number of hydrogen-bond donors (Lipinski definition) is 1. The SMILES string of the molecule is NC(CCCC(F)(F)F)Cc1ccc(F)cc1F. The van der Waals surface area contributed by atoms with Gasteiger partial charge < -0.3 is 5.73 Å². The predicted molar refractivity (Wildman–Crippen MR) is 57.9 cm³/mol. The van der Waals surface area contributed by atoms with Gasteiger partial charge in [0.15, 0.2) is 0 Å². The van der Waals surface area contributed by atoms with Crippen molar-refractivity contribution in [1.82, 2.24) is 0 Å². The van der Waals surface area contributed by atoms with Gasteiger partial charge in [0.05, 0.1) is 0 Å². The summed E-state index contributed by atoms with van der Waals surface area (Å²) in [6, 6.07) is 2.53. The van der Waals surface area contributed by atoms with Crippen molar-refractivity contribution in [1.29, 1.82) is 0 Å². The first-order valence-electron chi connectivity index (χ1n) is 5.54. The minimum Gasteiger partial charge on any atom is -0.327 e. The monoisotopic (exact) mass is 267 g/mol. The van der Waals surface area contributed by atoms with Crippen molar-refractivity contribution in [2.45, 2.75) is 37.9 Å². The minimum absolute atomic E-state index is 0.0898. The molecule has 0 aliphatic heterocycles. The van der Waals surface area contributed by atoms with E-state index in [1.807, 2.05) is 0 Å². The third kappa shape index (κ3) is 5.44. The Morgan fingerprint density at radius 1 is 1.17 bits per heavy atom. The van der Waals surface area contributed by atoms with Crippen LogP contribution in [0, 0.1) is 11.6 Å². The van der Waals surface area contributed by atoms with E-state index in [0.29, 0.717) is 0 Å². The van der Waals surface area contributed by atoms with Gasteiger partial charge >= 0.3 is 6.18 Å². The van der Waals surface area contributed by atoms with E-state index in [-0.39, 0.29) is 24.8 Å². The molecular formula is C12H14F5N. The van der Waals surface area contributed by atoms with Gasteiger partial charge in [-0.3, -0.25) is 0 Å². The Morgan fingerprint density at radius 3 is 2.39 bits per heavy atom. The summed E-state index contributed by atoms with van der Waals surface area (Å²) >= 11 is 0. The largest absolute Gasteiger partial charge is 0.389 e. The van der Waals surface area contributed by atoms with E-state index in [2.05, 4.69) is 0 Å². The lowest BCUT2D eigenvalue weighted by Crippen LogP contribution is -2.24. The van der Waals surface area contributed by atoms with Crippen LogP contribution < -0.4 is 5.73 Å². The van der Waals surface area contributed by atoms with Crippen LogP contribution in [0.2, 0.25) is 0 Å². The van der Waals surface area contributed by atoms with Crippen molar-refractivity contribution < 1.29 is 22.0 Å². The van der Waals surface area contributed by atoms with E-state index in [9.17, 15) is 22.0 Å². The highest BCUT2D eigenvalue weighted by atomic mass is 19.4. The summed E-state index contributed by atoms with van der Waals surface area (Å²) < 4.78 is 61.6. The Balaban J connectivity index is 2.42. The lowest BCUT2D eigenvalue weighted by Gasteiger charge is -2.13. The average Bonchev–Trinajstić information content (AvgIpc) is 2.20. The zero-order valence-corrected chi connectivity index (χ0v) is 9.61. The van der Waals surface area contributed by atoms with Crippen LogP contribution in [0.15, 0.2) is 18.2 Å². The van der Waals surface area contributed by atoms with Gasteiger partial charge in [-0.1, -0.05) is 6.07 Å². The molecule has 1 atom stereocenters. The smallest absolute Gasteiger partial charge is 0.327 e. The summed E-state index contributed by atoms with van der Waals surface area (Å²) in [4.78, 5) is 0. The molecule has 1 nitrogen and oxygen atoms in total. The van der Waals surface area contributed by atoms with Crippen LogP contribution >= 0.6 is 0 Å². The quantitative estimate of drug-likeness (QED) is 0.811. The maximum absolute atomic E-state index is 13.2. The van der Waals surface area contributed by atoms with E-state index in [0.717, 1.165) is 12.1 Å². The van der Waals surface area contributed by atoms with Gasteiger partial charge in [-0.15, -0.1) is 0 Å². The number of rotatable bonds is 5. The van der Waals surface area contributed by atoms with Gasteiger partial charge in [0.2, 0.25) is 0 Å². The van der Waals surface area contributed by atoms with Gasteiger partial charge in [-0.05, 0) is 30.9 Å². The minimum atomic E-state index is -4.19. The van der Waals surface area contributed by atoms with Crippen molar-refractivity contribution in [3.63, 3.8) is 0 Å². The molecule has 0 heterocycles. The van der Waals surface area contributed by atoms with Crippen LogP contribution in [0.3, 0.4) is 0 Å². The fourth-order valence-corrected chi connectivity index (χ4v) is 1.64. The molecule has 0 aliphatic carbocycles. The highest BCUT2D eigenvalue weighted by Gasteiger charge is 2.26. The van der Waals surface area contributed by atoms with Gasteiger partial charge in [-0.25, -0.2) is 8.78 Å². The number of alkyl halides is 3. The molecule has 0 saturated heterocycles. The second-order valence-corrected chi connectivity index (χ2v) is 4.21. The first kappa shape index (κ1) is 14.9. The molecule has 0 fully saturated rings. The number of hydrogen-bond acceptors (Lipinski definition) is 1. The summed E-state index contributed by atoms with van der Waals surface area (Å²) in [6.07, 6.45) is -4.93. The number of halogens is 5. The van der Waals surface area contributed by atoms with Crippen LogP contribution in [0.1, 0.15) is 24.8 Å². The van der Waals surface area contributed by atoms with Crippen molar-refractivity contribution >= 4 is 0 Å². The summed E-state index contributed by atoms with van der Waals surface area (Å²) in [7, 11) is 0. The third-order valence-corrected chi connectivity index (χ3v) is 2.53. The highest BCUT2D eigenvalue weighted by Crippen LogP contribution is 2.23. The fourth-order valence-electron chi connectivity index (χ4n) is 1.64. The Kier molecular flexibility index (Phi) is 5.07. The Morgan fingerprint density at radius 2 is 1.83 bits per heavy atom. The summed E-state index contributed by atoms with van der Waals surface area (Å²) in [6.45, 7) is 0. The summed E-state index contributed by atoms with van der Waals surface area (Å²) in [5.74, 6) is -1.41. The molecule has 0 spiro atoms. The number of nitrogens with two attached hydrogens (primary N) is 1. The van der Waals surface area contributed by atoms with Gasteiger partial charge in [0.25, 0.3) is 0 Å². The maximum Gasteiger partial charge on any atom is 0.389 e. The Bertz CT molecular complexity index is 389. The predicted octanol–water partition coefficient (Wildman–Crippen LogP) is 3.57. The molecule has 1 aromatic carbocycles. The summed E-state index contributed by atoms with van der Waals surface area (Å²) in [5.41, 5.74) is 5.83.